The lowest BCUT2D eigenvalue weighted by atomic mass is 10.2. The fraction of sp³-hybridized carbons (Fsp3) is 0.143. The van der Waals surface area contributed by atoms with Crippen LogP contribution in [0.1, 0.15) is 5.56 Å². The van der Waals surface area contributed by atoms with Crippen molar-refractivity contribution in [2.24, 2.45) is 0 Å². The average Bonchev–Trinajstić information content (AvgIpc) is 2.45. The molecule has 0 amide bonds. The summed E-state index contributed by atoms with van der Waals surface area (Å²) in [6, 6.07) is 12.2. The molecule has 0 saturated carbocycles. The van der Waals surface area contributed by atoms with Gasteiger partial charge in [0.05, 0.1) is 12.0 Å². The Morgan fingerprint density at radius 2 is 1.90 bits per heavy atom. The Kier molecular flexibility index (Phi) is 5.43. The lowest BCUT2D eigenvalue weighted by Gasteiger charge is -2.09. The zero-order chi connectivity index (χ0) is 15.5. The van der Waals surface area contributed by atoms with Crippen molar-refractivity contribution in [1.29, 1.82) is 0 Å². The second-order valence-corrected chi connectivity index (χ2v) is 7.76. The summed E-state index contributed by atoms with van der Waals surface area (Å²) in [4.78, 5) is 0.202. The highest BCUT2D eigenvalue weighted by atomic mass is 79.9. The van der Waals surface area contributed by atoms with Gasteiger partial charge in [-0.2, -0.15) is 0 Å². The quantitative estimate of drug-likeness (QED) is 0.780. The predicted octanol–water partition coefficient (Wildman–Crippen LogP) is 3.70. The van der Waals surface area contributed by atoms with E-state index in [2.05, 4.69) is 36.6 Å². The van der Waals surface area contributed by atoms with Crippen molar-refractivity contribution < 1.29 is 13.2 Å². The summed E-state index contributed by atoms with van der Waals surface area (Å²) >= 11 is 6.56. The molecule has 0 radical (unpaired) electrons. The third-order valence-electron chi connectivity index (χ3n) is 2.78. The van der Waals surface area contributed by atoms with E-state index in [0.29, 0.717) is 10.2 Å². The van der Waals surface area contributed by atoms with E-state index in [0.717, 1.165) is 10.0 Å². The molecule has 0 aliphatic rings. The van der Waals surface area contributed by atoms with Crippen LogP contribution in [0.4, 0.5) is 0 Å². The summed E-state index contributed by atoms with van der Waals surface area (Å²) in [7, 11) is -2.01. The molecule has 2 rings (SSSR count). The van der Waals surface area contributed by atoms with Crippen molar-refractivity contribution in [3.63, 3.8) is 0 Å². The Bertz CT molecular complexity index is 748. The molecule has 4 nitrogen and oxygen atoms in total. The standard InChI is InChI=1S/C14H13Br2NO3S/c1-20-12-4-2-3-10(7-12)9-17-21(18,19)14-6-5-11(15)8-13(14)16/h2-8,17H,9H2,1H3. The Labute approximate surface area is 140 Å². The molecule has 0 aliphatic heterocycles. The van der Waals surface area contributed by atoms with Crippen LogP contribution in [-0.4, -0.2) is 15.5 Å². The Morgan fingerprint density at radius 1 is 1.14 bits per heavy atom. The maximum atomic E-state index is 12.3. The molecule has 0 atom stereocenters. The van der Waals surface area contributed by atoms with E-state index in [4.69, 9.17) is 4.74 Å². The van der Waals surface area contributed by atoms with E-state index in [-0.39, 0.29) is 11.4 Å². The Balaban J connectivity index is 2.17. The van der Waals surface area contributed by atoms with Crippen LogP contribution in [0.25, 0.3) is 0 Å². The molecular formula is C14H13Br2NO3S. The zero-order valence-corrected chi connectivity index (χ0v) is 15.1. The minimum atomic E-state index is -3.58. The highest BCUT2D eigenvalue weighted by Crippen LogP contribution is 2.25. The number of nitrogens with one attached hydrogen (secondary N) is 1. The third-order valence-corrected chi connectivity index (χ3v) is 5.66. The van der Waals surface area contributed by atoms with Gasteiger partial charge in [0.25, 0.3) is 0 Å². The number of hydrogen-bond donors (Lipinski definition) is 1. The van der Waals surface area contributed by atoms with Crippen LogP contribution < -0.4 is 9.46 Å². The average molecular weight is 435 g/mol. The molecule has 0 unspecified atom stereocenters. The normalized spacial score (nSPS) is 11.4. The summed E-state index contributed by atoms with van der Waals surface area (Å²) in [6.45, 7) is 0.196. The number of methoxy groups -OCH3 is 1. The van der Waals surface area contributed by atoms with E-state index in [9.17, 15) is 8.42 Å². The number of ether oxygens (including phenoxy) is 1. The van der Waals surface area contributed by atoms with Gasteiger partial charge in [-0.15, -0.1) is 0 Å². The van der Waals surface area contributed by atoms with Gasteiger partial charge in [0.2, 0.25) is 10.0 Å². The fourth-order valence-electron chi connectivity index (χ4n) is 1.73. The van der Waals surface area contributed by atoms with Crippen molar-refractivity contribution >= 4 is 41.9 Å². The highest BCUT2D eigenvalue weighted by molar-refractivity contribution is 9.11. The van der Waals surface area contributed by atoms with Gasteiger partial charge in [0.1, 0.15) is 5.75 Å². The SMILES string of the molecule is COc1cccc(CNS(=O)(=O)c2ccc(Br)cc2Br)c1. The van der Waals surface area contributed by atoms with E-state index in [1.807, 2.05) is 18.2 Å². The van der Waals surface area contributed by atoms with Crippen LogP contribution in [0.5, 0.6) is 5.75 Å². The monoisotopic (exact) mass is 433 g/mol. The van der Waals surface area contributed by atoms with E-state index < -0.39 is 10.0 Å². The highest BCUT2D eigenvalue weighted by Gasteiger charge is 2.17. The Hall–Kier alpha value is -0.890. The first kappa shape index (κ1) is 16.5. The minimum absolute atomic E-state index is 0.196. The lowest BCUT2D eigenvalue weighted by Crippen LogP contribution is -2.23. The van der Waals surface area contributed by atoms with Gasteiger partial charge in [-0.1, -0.05) is 28.1 Å². The Morgan fingerprint density at radius 3 is 2.57 bits per heavy atom. The summed E-state index contributed by atoms with van der Waals surface area (Å²) in [5.41, 5.74) is 0.825. The van der Waals surface area contributed by atoms with Crippen LogP contribution in [0.2, 0.25) is 0 Å². The van der Waals surface area contributed by atoms with Crippen LogP contribution in [0.3, 0.4) is 0 Å². The van der Waals surface area contributed by atoms with Crippen molar-refractivity contribution in [3.8, 4) is 5.75 Å². The first-order chi connectivity index (χ1) is 9.92. The van der Waals surface area contributed by atoms with E-state index in [1.165, 1.54) is 0 Å². The van der Waals surface area contributed by atoms with Crippen molar-refractivity contribution in [2.45, 2.75) is 11.4 Å². The molecule has 0 aliphatic carbocycles. The third kappa shape index (κ3) is 4.29. The van der Waals surface area contributed by atoms with Gasteiger partial charge >= 0.3 is 0 Å². The number of sulfonamides is 1. The predicted molar refractivity (Wildman–Crippen MR) is 88.9 cm³/mol. The summed E-state index contributed by atoms with van der Waals surface area (Å²) < 4.78 is 33.6. The van der Waals surface area contributed by atoms with Crippen molar-refractivity contribution in [2.75, 3.05) is 7.11 Å². The van der Waals surface area contributed by atoms with Crippen LogP contribution in [0, 0.1) is 0 Å². The fourth-order valence-corrected chi connectivity index (χ4v) is 4.49. The topological polar surface area (TPSA) is 55.4 Å². The van der Waals surface area contributed by atoms with Gasteiger partial charge in [-0.25, -0.2) is 13.1 Å². The molecule has 0 spiro atoms. The van der Waals surface area contributed by atoms with Crippen molar-refractivity contribution in [3.05, 3.63) is 57.0 Å². The molecular weight excluding hydrogens is 422 g/mol. The maximum Gasteiger partial charge on any atom is 0.241 e. The van der Waals surface area contributed by atoms with E-state index >= 15 is 0 Å². The van der Waals surface area contributed by atoms with Gasteiger partial charge in [-0.3, -0.25) is 0 Å². The molecule has 0 bridgehead atoms. The molecule has 2 aromatic carbocycles. The number of rotatable bonds is 5. The molecule has 0 fully saturated rings. The van der Waals surface area contributed by atoms with Crippen LogP contribution >= 0.6 is 31.9 Å². The molecule has 0 saturated heterocycles. The molecule has 112 valence electrons. The largest absolute Gasteiger partial charge is 0.497 e. The van der Waals surface area contributed by atoms with Gasteiger partial charge < -0.3 is 4.74 Å². The summed E-state index contributed by atoms with van der Waals surface area (Å²) in [6.07, 6.45) is 0. The number of halogens is 2. The summed E-state index contributed by atoms with van der Waals surface area (Å²) in [5.74, 6) is 0.691. The molecule has 2 aromatic rings. The van der Waals surface area contributed by atoms with Crippen molar-refractivity contribution in [1.82, 2.24) is 4.72 Å². The smallest absolute Gasteiger partial charge is 0.241 e. The molecule has 0 aromatic heterocycles. The molecule has 0 heterocycles. The minimum Gasteiger partial charge on any atom is -0.497 e. The number of hydrogen-bond acceptors (Lipinski definition) is 3. The second-order valence-electron chi connectivity index (χ2n) is 4.25. The first-order valence-electron chi connectivity index (χ1n) is 6.00. The maximum absolute atomic E-state index is 12.3. The van der Waals surface area contributed by atoms with E-state index in [1.54, 1.807) is 31.4 Å². The van der Waals surface area contributed by atoms with Gasteiger partial charge in [0.15, 0.2) is 0 Å². The zero-order valence-electron chi connectivity index (χ0n) is 11.1. The van der Waals surface area contributed by atoms with Crippen LogP contribution in [0.15, 0.2) is 56.3 Å². The molecule has 21 heavy (non-hydrogen) atoms. The van der Waals surface area contributed by atoms with Crippen LogP contribution in [-0.2, 0) is 16.6 Å². The lowest BCUT2D eigenvalue weighted by molar-refractivity contribution is 0.414. The first-order valence-corrected chi connectivity index (χ1v) is 9.07. The molecule has 7 heteroatoms. The summed E-state index contributed by atoms with van der Waals surface area (Å²) in [5, 5.41) is 0. The number of benzene rings is 2. The molecule has 1 N–H and O–H groups in total. The van der Waals surface area contributed by atoms with Gasteiger partial charge in [-0.05, 0) is 51.8 Å². The second kappa shape index (κ2) is 6.91. The van der Waals surface area contributed by atoms with Gasteiger partial charge in [0, 0.05) is 15.5 Å².